The number of aliphatic hydroxyl groups is 1. The van der Waals surface area contributed by atoms with Crippen molar-refractivity contribution in [1.29, 1.82) is 0 Å². The molecule has 0 spiro atoms. The fraction of sp³-hybridized carbons (Fsp3) is 0.227. The number of rotatable bonds is 6. The van der Waals surface area contributed by atoms with Crippen LogP contribution in [0.1, 0.15) is 41.0 Å². The van der Waals surface area contributed by atoms with E-state index < -0.39 is 29.5 Å². The van der Waals surface area contributed by atoms with Crippen molar-refractivity contribution < 1.29 is 33.8 Å². The number of carbonyl (C=O) groups is 3. The van der Waals surface area contributed by atoms with E-state index in [0.717, 1.165) is 6.92 Å². The lowest BCUT2D eigenvalue weighted by atomic mass is 9.95. The van der Waals surface area contributed by atoms with Crippen LogP contribution in [0.5, 0.6) is 5.75 Å². The minimum absolute atomic E-state index is 0.0283. The van der Waals surface area contributed by atoms with Crippen LogP contribution in [0, 0.1) is 6.92 Å². The summed E-state index contributed by atoms with van der Waals surface area (Å²) in [5, 5.41) is 27.0. The lowest BCUT2D eigenvalue weighted by Crippen LogP contribution is -2.31. The number of hydrogen-bond donors (Lipinski definition) is 2. The molecule has 4 rings (SSSR count). The maximum Gasteiger partial charge on any atom is 0.300 e. The molecule has 1 aliphatic heterocycles. The number of aliphatic hydroxyl groups excluding tert-OH is 1. The molecule has 0 aliphatic carbocycles. The lowest BCUT2D eigenvalue weighted by Gasteiger charge is -2.24. The Morgan fingerprint density at radius 3 is 2.55 bits per heavy atom. The maximum absolute atomic E-state index is 13.1. The van der Waals surface area contributed by atoms with Crippen molar-refractivity contribution in [3.8, 4) is 5.75 Å². The highest BCUT2D eigenvalue weighted by Crippen LogP contribution is 2.43. The van der Waals surface area contributed by atoms with E-state index in [0.29, 0.717) is 22.9 Å². The predicted molar refractivity (Wildman–Crippen MR) is 118 cm³/mol. The predicted octanol–water partition coefficient (Wildman–Crippen LogP) is 3.71. The molecule has 3 heterocycles. The summed E-state index contributed by atoms with van der Waals surface area (Å²) < 4.78 is 10.8. The van der Waals surface area contributed by atoms with Gasteiger partial charge in [0.05, 0.1) is 24.5 Å². The number of aromatic nitrogens is 2. The van der Waals surface area contributed by atoms with Crippen LogP contribution in [-0.2, 0) is 9.59 Å². The van der Waals surface area contributed by atoms with Gasteiger partial charge in [0.25, 0.3) is 11.9 Å². The molecule has 3 aromatic rings. The summed E-state index contributed by atoms with van der Waals surface area (Å²) in [6.07, 6.45) is 1.36. The highest BCUT2D eigenvalue weighted by Gasteiger charge is 2.46. The Hall–Kier alpha value is -3.99. The van der Waals surface area contributed by atoms with Crippen molar-refractivity contribution >= 4 is 34.1 Å². The molecule has 10 nitrogen and oxygen atoms in total. The highest BCUT2D eigenvalue weighted by atomic mass is 32.1. The van der Waals surface area contributed by atoms with Gasteiger partial charge in [-0.2, -0.15) is 0 Å². The number of carboxylic acids is 1. The van der Waals surface area contributed by atoms with Crippen LogP contribution in [-0.4, -0.2) is 44.7 Å². The van der Waals surface area contributed by atoms with Crippen molar-refractivity contribution in [2.45, 2.75) is 26.8 Å². The number of aliphatic carboxylic acids is 1. The van der Waals surface area contributed by atoms with Crippen LogP contribution in [0.2, 0.25) is 0 Å². The number of aryl methyl sites for hydroxylation is 1. The summed E-state index contributed by atoms with van der Waals surface area (Å²) in [4.78, 5) is 36.3. The van der Waals surface area contributed by atoms with Crippen LogP contribution in [0.25, 0.3) is 0 Å². The lowest BCUT2D eigenvalue weighted by molar-refractivity contribution is -0.134. The minimum atomic E-state index is -0.896. The fourth-order valence-electron chi connectivity index (χ4n) is 3.21. The Morgan fingerprint density at radius 2 is 1.97 bits per heavy atom. The maximum atomic E-state index is 13.1. The number of nitrogens with zero attached hydrogens (tertiary/aromatic N) is 3. The van der Waals surface area contributed by atoms with Gasteiger partial charge in [-0.15, -0.1) is 10.2 Å². The Bertz CT molecular complexity index is 1200. The first-order valence-corrected chi connectivity index (χ1v) is 10.6. The van der Waals surface area contributed by atoms with Crippen molar-refractivity contribution in [3.05, 3.63) is 70.3 Å². The molecule has 172 valence electrons. The van der Waals surface area contributed by atoms with Gasteiger partial charge in [-0.05, 0) is 43.7 Å². The molecule has 1 atom stereocenters. The average molecular weight is 471 g/mol. The third-order valence-electron chi connectivity index (χ3n) is 4.40. The van der Waals surface area contributed by atoms with Gasteiger partial charge in [-0.3, -0.25) is 19.3 Å². The quantitative estimate of drug-likeness (QED) is 0.514. The zero-order chi connectivity index (χ0) is 24.1. The zero-order valence-corrected chi connectivity index (χ0v) is 18.8. The van der Waals surface area contributed by atoms with Crippen LogP contribution in [0.3, 0.4) is 0 Å². The second kappa shape index (κ2) is 10.1. The van der Waals surface area contributed by atoms with Gasteiger partial charge in [0.1, 0.15) is 10.8 Å². The molecule has 0 radical (unpaired) electrons. The van der Waals surface area contributed by atoms with Crippen LogP contribution in [0.4, 0.5) is 5.13 Å². The summed E-state index contributed by atoms with van der Waals surface area (Å²) >= 11 is 1.19. The topological polar surface area (TPSA) is 143 Å². The Labute approximate surface area is 192 Å². The normalized spacial score (nSPS) is 15.3. The first-order chi connectivity index (χ1) is 15.7. The van der Waals surface area contributed by atoms with Crippen LogP contribution < -0.4 is 9.64 Å². The van der Waals surface area contributed by atoms with E-state index >= 15 is 0 Å². The molecule has 0 bridgehead atoms. The Morgan fingerprint density at radius 1 is 1.24 bits per heavy atom. The molecule has 11 heteroatoms. The summed E-state index contributed by atoms with van der Waals surface area (Å²) in [5.41, 5.74) is 0.516. The first kappa shape index (κ1) is 23.7. The number of ether oxygens (including phenoxy) is 1. The largest absolute Gasteiger partial charge is 0.503 e. The number of amides is 1. The molecule has 2 N–H and O–H groups in total. The van der Waals surface area contributed by atoms with E-state index in [1.807, 2.05) is 6.92 Å². The molecule has 1 aromatic carbocycles. The number of benzene rings is 1. The molecule has 1 unspecified atom stereocenters. The van der Waals surface area contributed by atoms with Gasteiger partial charge >= 0.3 is 0 Å². The second-order valence-electron chi connectivity index (χ2n) is 6.77. The smallest absolute Gasteiger partial charge is 0.300 e. The number of hydrogen-bond acceptors (Lipinski definition) is 9. The summed E-state index contributed by atoms with van der Waals surface area (Å²) in [5.74, 6) is -2.15. The number of carbonyl (C=O) groups excluding carboxylic acids is 2. The Balaban J connectivity index is 0.000000709. The fourth-order valence-corrected chi connectivity index (χ4v) is 3.93. The second-order valence-corrected chi connectivity index (χ2v) is 7.93. The Kier molecular flexibility index (Phi) is 7.23. The molecule has 1 aliphatic rings. The molecule has 0 fully saturated rings. The summed E-state index contributed by atoms with van der Waals surface area (Å²) in [7, 11) is 0. The third-order valence-corrected chi connectivity index (χ3v) is 5.24. The highest BCUT2D eigenvalue weighted by molar-refractivity contribution is 7.15. The number of ketones is 1. The van der Waals surface area contributed by atoms with Gasteiger partial charge in [0.2, 0.25) is 10.9 Å². The van der Waals surface area contributed by atoms with Gasteiger partial charge < -0.3 is 19.4 Å². The van der Waals surface area contributed by atoms with E-state index in [4.69, 9.17) is 19.1 Å². The molecule has 2 aromatic heterocycles. The van der Waals surface area contributed by atoms with Crippen molar-refractivity contribution in [1.82, 2.24) is 10.2 Å². The summed E-state index contributed by atoms with van der Waals surface area (Å²) in [6, 6.07) is 9.19. The third kappa shape index (κ3) is 5.09. The van der Waals surface area contributed by atoms with Crippen molar-refractivity contribution in [3.63, 3.8) is 0 Å². The molecule has 0 saturated heterocycles. The van der Waals surface area contributed by atoms with E-state index in [-0.39, 0.29) is 16.5 Å². The first-order valence-electron chi connectivity index (χ1n) is 9.81. The van der Waals surface area contributed by atoms with Crippen molar-refractivity contribution in [2.24, 2.45) is 0 Å². The number of anilines is 1. The molecular formula is C22H21N3O7S. The monoisotopic (exact) mass is 471 g/mol. The molecule has 0 saturated carbocycles. The van der Waals surface area contributed by atoms with Gasteiger partial charge in [0, 0.05) is 6.92 Å². The van der Waals surface area contributed by atoms with E-state index in [9.17, 15) is 14.7 Å². The number of furan rings is 1. The number of Topliss-reactive ketones (excluding diaryl/α,β-unsaturated/α-hetero) is 1. The average Bonchev–Trinajstić information content (AvgIpc) is 3.49. The standard InChI is InChI=1S/C20H17N3O5S.C2H4O2/c1-3-27-13-7-4-6-12(10-13)16-15(17(24)14-8-5-9-28-14)18(25)19(26)23(16)20-22-21-11(2)29-20;1-2(3)4/h4-10,16,25H,3H2,1-2H3;1H3,(H,3,4). The molecule has 33 heavy (non-hydrogen) atoms. The van der Waals surface area contributed by atoms with Crippen molar-refractivity contribution in [2.75, 3.05) is 11.5 Å². The van der Waals surface area contributed by atoms with Crippen LogP contribution in [0.15, 0.2) is 58.4 Å². The summed E-state index contributed by atoms with van der Waals surface area (Å²) in [6.45, 7) is 5.17. The van der Waals surface area contributed by atoms with Gasteiger partial charge in [-0.25, -0.2) is 0 Å². The van der Waals surface area contributed by atoms with Gasteiger partial charge in [0.15, 0.2) is 11.5 Å². The molecular weight excluding hydrogens is 450 g/mol. The number of carboxylic acid groups (broad SMARTS) is 1. The minimum Gasteiger partial charge on any atom is -0.503 e. The zero-order valence-electron chi connectivity index (χ0n) is 18.0. The van der Waals surface area contributed by atoms with Gasteiger partial charge in [-0.1, -0.05) is 23.5 Å². The SMILES string of the molecule is CC(=O)O.CCOc1cccc(C2C(C(=O)c3ccco3)=C(O)C(=O)N2c2nnc(C)s2)c1. The van der Waals surface area contributed by atoms with E-state index in [1.165, 1.54) is 28.6 Å². The van der Waals surface area contributed by atoms with E-state index in [2.05, 4.69) is 10.2 Å². The molecule has 1 amide bonds. The van der Waals surface area contributed by atoms with Crippen LogP contribution >= 0.6 is 11.3 Å². The van der Waals surface area contributed by atoms with E-state index in [1.54, 1.807) is 37.3 Å².